The molecule has 0 aliphatic carbocycles. The van der Waals surface area contributed by atoms with E-state index < -0.39 is 5.41 Å². The average molecular weight is 353 g/mol. The van der Waals surface area contributed by atoms with Crippen LogP contribution in [0.2, 0.25) is 0 Å². The fourth-order valence-electron chi connectivity index (χ4n) is 3.94. The number of benzene rings is 3. The zero-order valence-electron chi connectivity index (χ0n) is 14.6. The lowest BCUT2D eigenvalue weighted by Gasteiger charge is -2.42. The monoisotopic (exact) mass is 352 g/mol. The topological polar surface area (TPSA) is 0 Å². The molecule has 3 aromatic rings. The molecule has 0 spiro atoms. The van der Waals surface area contributed by atoms with Crippen LogP contribution in [-0.4, -0.2) is 0 Å². The van der Waals surface area contributed by atoms with E-state index in [2.05, 4.69) is 98.1 Å². The quantitative estimate of drug-likeness (QED) is 0.500. The van der Waals surface area contributed by atoms with Gasteiger partial charge in [0, 0.05) is 9.80 Å². The van der Waals surface area contributed by atoms with Gasteiger partial charge in [0.25, 0.3) is 0 Å². The Morgan fingerprint density at radius 3 is 1.73 bits per heavy atom. The molecule has 4 rings (SSSR count). The van der Waals surface area contributed by atoms with Crippen LogP contribution in [0.15, 0.2) is 126 Å². The van der Waals surface area contributed by atoms with Gasteiger partial charge in [0.05, 0.1) is 5.41 Å². The molecule has 0 bridgehead atoms. The Morgan fingerprint density at radius 2 is 1.19 bits per heavy atom. The smallest absolute Gasteiger partial charge is 0.0723 e. The molecule has 0 unspecified atom stereocenters. The van der Waals surface area contributed by atoms with Crippen molar-refractivity contribution in [3.8, 4) is 0 Å². The van der Waals surface area contributed by atoms with Gasteiger partial charge in [-0.1, -0.05) is 116 Å². The zero-order valence-corrected chi connectivity index (χ0v) is 15.4. The highest BCUT2D eigenvalue weighted by Crippen LogP contribution is 2.55. The molecule has 3 aromatic carbocycles. The highest BCUT2D eigenvalue weighted by molar-refractivity contribution is 8.03. The van der Waals surface area contributed by atoms with Gasteiger partial charge in [-0.05, 0) is 28.3 Å². The first kappa shape index (κ1) is 16.7. The van der Waals surface area contributed by atoms with Gasteiger partial charge in [-0.25, -0.2) is 0 Å². The summed E-state index contributed by atoms with van der Waals surface area (Å²) in [6.07, 6.45) is 3.96. The summed E-state index contributed by atoms with van der Waals surface area (Å²) >= 11 is 1.77. The summed E-state index contributed by atoms with van der Waals surface area (Å²) < 4.78 is 0. The first-order chi connectivity index (χ1) is 12.8. The molecule has 0 saturated carbocycles. The van der Waals surface area contributed by atoms with Crippen LogP contribution in [0.4, 0.5) is 0 Å². The molecule has 0 atom stereocenters. The highest BCUT2D eigenvalue weighted by atomic mass is 32.2. The fourth-order valence-corrected chi connectivity index (χ4v) is 5.08. The maximum atomic E-state index is 4.18. The highest BCUT2D eigenvalue weighted by Gasteiger charge is 2.44. The van der Waals surface area contributed by atoms with Crippen molar-refractivity contribution >= 4 is 11.8 Å². The Balaban J connectivity index is 2.20. The van der Waals surface area contributed by atoms with Gasteiger partial charge in [-0.15, -0.1) is 0 Å². The average Bonchev–Trinajstić information content (AvgIpc) is 2.73. The minimum absolute atomic E-state index is 0.393. The van der Waals surface area contributed by atoms with Crippen molar-refractivity contribution in [2.24, 2.45) is 0 Å². The Kier molecular flexibility index (Phi) is 4.40. The number of thioether (sulfide) groups is 1. The van der Waals surface area contributed by atoms with E-state index in [0.29, 0.717) is 0 Å². The first-order valence-electron chi connectivity index (χ1n) is 8.70. The van der Waals surface area contributed by atoms with Gasteiger partial charge < -0.3 is 0 Å². The van der Waals surface area contributed by atoms with Gasteiger partial charge >= 0.3 is 0 Å². The van der Waals surface area contributed by atoms with Gasteiger partial charge in [0.2, 0.25) is 0 Å². The summed E-state index contributed by atoms with van der Waals surface area (Å²) in [5.74, 6) is 0. The van der Waals surface area contributed by atoms with E-state index >= 15 is 0 Å². The largest absolute Gasteiger partial charge is 0.0987 e. The van der Waals surface area contributed by atoms with Gasteiger partial charge in [0.15, 0.2) is 0 Å². The van der Waals surface area contributed by atoms with E-state index in [9.17, 15) is 0 Å². The Bertz CT molecular complexity index is 941. The maximum Gasteiger partial charge on any atom is 0.0723 e. The van der Waals surface area contributed by atoms with E-state index in [1.165, 1.54) is 27.2 Å². The van der Waals surface area contributed by atoms with Crippen LogP contribution in [0, 0.1) is 0 Å². The van der Waals surface area contributed by atoms with Crippen molar-refractivity contribution in [3.05, 3.63) is 137 Å². The van der Waals surface area contributed by atoms with Crippen LogP contribution >= 0.6 is 11.8 Å². The van der Waals surface area contributed by atoms with Crippen molar-refractivity contribution < 1.29 is 0 Å². The molecule has 0 saturated heterocycles. The fraction of sp³-hybridized carbons (Fsp3) is 0.0400. The number of hydrogen-bond donors (Lipinski definition) is 0. The van der Waals surface area contributed by atoms with Crippen LogP contribution in [0.25, 0.3) is 0 Å². The lowest BCUT2D eigenvalue weighted by molar-refractivity contribution is 0.720. The second-order valence-electron chi connectivity index (χ2n) is 6.27. The molecule has 0 N–H and O–H groups in total. The SMILES string of the molecule is C=CC1=C(C=C)C(c2ccccc2)(c2ccccc2)c2ccccc2S1. The van der Waals surface area contributed by atoms with Crippen molar-refractivity contribution in [1.29, 1.82) is 0 Å². The van der Waals surface area contributed by atoms with E-state index in [0.717, 1.165) is 4.91 Å². The molecular formula is C25H20S. The Labute approximate surface area is 159 Å². The number of fused-ring (bicyclic) bond motifs is 1. The summed E-state index contributed by atoms with van der Waals surface area (Å²) in [6, 6.07) is 30.1. The molecule has 1 aliphatic heterocycles. The summed E-state index contributed by atoms with van der Waals surface area (Å²) in [6.45, 7) is 8.26. The molecule has 0 aromatic heterocycles. The van der Waals surface area contributed by atoms with E-state index in [4.69, 9.17) is 0 Å². The standard InChI is InChI=1S/C25H20S/c1-3-21-23(4-2)26-24-18-12-11-17-22(24)25(21,19-13-7-5-8-14-19)20-15-9-6-10-16-20/h3-18H,1-2H2. The minimum Gasteiger partial charge on any atom is -0.0987 e. The summed E-state index contributed by atoms with van der Waals surface area (Å²) in [4.78, 5) is 2.42. The second-order valence-corrected chi connectivity index (χ2v) is 7.35. The number of rotatable bonds is 4. The minimum atomic E-state index is -0.393. The normalized spacial score (nSPS) is 15.2. The molecule has 0 amide bonds. The predicted molar refractivity (Wildman–Crippen MR) is 112 cm³/mol. The van der Waals surface area contributed by atoms with E-state index in [-0.39, 0.29) is 0 Å². The van der Waals surface area contributed by atoms with Crippen molar-refractivity contribution in [1.82, 2.24) is 0 Å². The molecule has 0 nitrogen and oxygen atoms in total. The lowest BCUT2D eigenvalue weighted by Crippen LogP contribution is -2.34. The van der Waals surface area contributed by atoms with Gasteiger partial charge in [0.1, 0.15) is 0 Å². The third kappa shape index (κ3) is 2.40. The summed E-state index contributed by atoms with van der Waals surface area (Å²) in [5, 5.41) is 0. The lowest BCUT2D eigenvalue weighted by atomic mass is 9.64. The van der Waals surface area contributed by atoms with Crippen LogP contribution in [0.1, 0.15) is 16.7 Å². The number of allylic oxidation sites excluding steroid dienone is 3. The molecule has 1 aliphatic rings. The van der Waals surface area contributed by atoms with Crippen molar-refractivity contribution in [2.75, 3.05) is 0 Å². The molecule has 0 radical (unpaired) electrons. The van der Waals surface area contributed by atoms with Gasteiger partial charge in [-0.3, -0.25) is 0 Å². The molecule has 1 heteroatoms. The first-order valence-corrected chi connectivity index (χ1v) is 9.52. The van der Waals surface area contributed by atoms with Crippen LogP contribution in [0.5, 0.6) is 0 Å². The Morgan fingerprint density at radius 1 is 0.654 bits per heavy atom. The van der Waals surface area contributed by atoms with E-state index in [1.54, 1.807) is 11.8 Å². The van der Waals surface area contributed by atoms with Crippen LogP contribution < -0.4 is 0 Å². The van der Waals surface area contributed by atoms with Crippen LogP contribution in [-0.2, 0) is 5.41 Å². The van der Waals surface area contributed by atoms with Gasteiger partial charge in [-0.2, -0.15) is 0 Å². The zero-order chi connectivity index (χ0) is 18.0. The maximum absolute atomic E-state index is 4.18. The van der Waals surface area contributed by atoms with Crippen molar-refractivity contribution in [2.45, 2.75) is 10.3 Å². The second kappa shape index (κ2) is 6.86. The number of hydrogen-bond acceptors (Lipinski definition) is 1. The molecule has 126 valence electrons. The third-order valence-electron chi connectivity index (χ3n) is 4.98. The predicted octanol–water partition coefficient (Wildman–Crippen LogP) is 6.75. The molecule has 0 fully saturated rings. The molecular weight excluding hydrogens is 332 g/mol. The summed E-state index contributed by atoms with van der Waals surface area (Å²) in [7, 11) is 0. The van der Waals surface area contributed by atoms with Crippen molar-refractivity contribution in [3.63, 3.8) is 0 Å². The van der Waals surface area contributed by atoms with E-state index in [1.807, 2.05) is 12.2 Å². The molecule has 1 heterocycles. The Hall–Kier alpha value is -2.77. The van der Waals surface area contributed by atoms with Crippen LogP contribution in [0.3, 0.4) is 0 Å². The molecule has 26 heavy (non-hydrogen) atoms. The third-order valence-corrected chi connectivity index (χ3v) is 6.17. The summed E-state index contributed by atoms with van der Waals surface area (Å²) in [5.41, 5.74) is 4.58.